The molecule has 108 valence electrons. The van der Waals surface area contributed by atoms with E-state index in [1.165, 1.54) is 6.08 Å². The summed E-state index contributed by atoms with van der Waals surface area (Å²) in [6, 6.07) is 17.2. The molecule has 0 heterocycles. The average Bonchev–Trinajstić information content (AvgIpc) is 2.47. The molecule has 0 radical (unpaired) electrons. The van der Waals surface area contributed by atoms with Crippen LogP contribution in [0.4, 0.5) is 0 Å². The van der Waals surface area contributed by atoms with Crippen molar-refractivity contribution in [3.63, 3.8) is 0 Å². The maximum Gasteiger partial charge on any atom is 0.189 e. The standard InChI is InChI=1S/C19H20O2/c1-19(2,3)18(21)13-17(20)16-12-8-7-11-15(16)14-9-5-4-6-10-14/h4-13,21H,1-3H3/b18-13-. The molecule has 0 amide bonds. The van der Waals surface area contributed by atoms with Gasteiger partial charge in [-0.3, -0.25) is 4.79 Å². The van der Waals surface area contributed by atoms with Crippen molar-refractivity contribution in [2.45, 2.75) is 20.8 Å². The summed E-state index contributed by atoms with van der Waals surface area (Å²) < 4.78 is 0. The predicted molar refractivity (Wildman–Crippen MR) is 86.4 cm³/mol. The Labute approximate surface area is 125 Å². The number of ketones is 1. The summed E-state index contributed by atoms with van der Waals surface area (Å²) in [4.78, 5) is 12.5. The van der Waals surface area contributed by atoms with Crippen LogP contribution in [0.25, 0.3) is 11.1 Å². The predicted octanol–water partition coefficient (Wildman–Crippen LogP) is 5.02. The van der Waals surface area contributed by atoms with E-state index in [0.29, 0.717) is 5.56 Å². The molecule has 2 aromatic carbocycles. The Bertz CT molecular complexity index is 661. The molecule has 0 aliphatic rings. The minimum absolute atomic E-state index is 0.0929. The fraction of sp³-hybridized carbons (Fsp3) is 0.211. The SMILES string of the molecule is CC(C)(C)/C(O)=C/C(=O)c1ccccc1-c1ccccc1. The van der Waals surface area contributed by atoms with Crippen LogP contribution in [0.15, 0.2) is 66.4 Å². The van der Waals surface area contributed by atoms with Gasteiger partial charge < -0.3 is 5.11 Å². The van der Waals surface area contributed by atoms with E-state index in [4.69, 9.17) is 0 Å². The molecular weight excluding hydrogens is 260 g/mol. The maximum absolute atomic E-state index is 12.5. The molecule has 0 spiro atoms. The molecule has 2 rings (SSSR count). The van der Waals surface area contributed by atoms with Gasteiger partial charge in [-0.25, -0.2) is 0 Å². The molecule has 0 aromatic heterocycles. The van der Waals surface area contributed by atoms with Gasteiger partial charge in [0.15, 0.2) is 5.78 Å². The first-order valence-electron chi connectivity index (χ1n) is 6.99. The Morgan fingerprint density at radius 1 is 0.952 bits per heavy atom. The van der Waals surface area contributed by atoms with E-state index < -0.39 is 5.41 Å². The topological polar surface area (TPSA) is 37.3 Å². The fourth-order valence-corrected chi connectivity index (χ4v) is 1.99. The van der Waals surface area contributed by atoms with Crippen LogP contribution in [0.3, 0.4) is 0 Å². The van der Waals surface area contributed by atoms with Crippen molar-refractivity contribution in [3.05, 3.63) is 72.0 Å². The van der Waals surface area contributed by atoms with Crippen LogP contribution in [-0.2, 0) is 0 Å². The van der Waals surface area contributed by atoms with Crippen molar-refractivity contribution >= 4 is 5.78 Å². The Hall–Kier alpha value is -2.35. The third-order valence-corrected chi connectivity index (χ3v) is 3.31. The minimum atomic E-state index is -0.433. The van der Waals surface area contributed by atoms with Crippen molar-refractivity contribution in [1.82, 2.24) is 0 Å². The molecule has 0 aliphatic heterocycles. The average molecular weight is 280 g/mol. The molecule has 21 heavy (non-hydrogen) atoms. The van der Waals surface area contributed by atoms with Crippen LogP contribution in [0, 0.1) is 5.41 Å². The van der Waals surface area contributed by atoms with E-state index in [2.05, 4.69) is 0 Å². The minimum Gasteiger partial charge on any atom is -0.512 e. The van der Waals surface area contributed by atoms with Gasteiger partial charge in [-0.2, -0.15) is 0 Å². The second kappa shape index (κ2) is 5.96. The van der Waals surface area contributed by atoms with Crippen molar-refractivity contribution in [1.29, 1.82) is 0 Å². The lowest BCUT2D eigenvalue weighted by atomic mass is 9.91. The summed E-state index contributed by atoms with van der Waals surface area (Å²) in [7, 11) is 0. The maximum atomic E-state index is 12.5. The number of aliphatic hydroxyl groups excluding tert-OH is 1. The summed E-state index contributed by atoms with van der Waals surface area (Å²) in [6.45, 7) is 5.61. The quantitative estimate of drug-likeness (QED) is 0.486. The van der Waals surface area contributed by atoms with Crippen LogP contribution < -0.4 is 0 Å². The molecular formula is C19H20O2. The highest BCUT2D eigenvalue weighted by Gasteiger charge is 2.18. The lowest BCUT2D eigenvalue weighted by molar-refractivity contribution is 0.103. The van der Waals surface area contributed by atoms with E-state index in [9.17, 15) is 9.90 Å². The number of carbonyl (C=O) groups is 1. The zero-order valence-corrected chi connectivity index (χ0v) is 12.6. The monoisotopic (exact) mass is 280 g/mol. The van der Waals surface area contributed by atoms with Gasteiger partial charge in [0.2, 0.25) is 0 Å². The fourth-order valence-electron chi connectivity index (χ4n) is 1.99. The number of aliphatic hydroxyl groups is 1. The highest BCUT2D eigenvalue weighted by atomic mass is 16.3. The van der Waals surface area contributed by atoms with Gasteiger partial charge in [0.05, 0.1) is 0 Å². The molecule has 0 atom stereocenters. The molecule has 0 saturated heterocycles. The van der Waals surface area contributed by atoms with E-state index in [0.717, 1.165) is 11.1 Å². The Morgan fingerprint density at radius 2 is 1.52 bits per heavy atom. The molecule has 0 aliphatic carbocycles. The normalized spacial score (nSPS) is 12.2. The van der Waals surface area contributed by atoms with Crippen molar-refractivity contribution in [3.8, 4) is 11.1 Å². The van der Waals surface area contributed by atoms with Crippen LogP contribution in [0.1, 0.15) is 31.1 Å². The molecule has 0 unspecified atom stereocenters. The molecule has 1 N–H and O–H groups in total. The van der Waals surface area contributed by atoms with Gasteiger partial charge >= 0.3 is 0 Å². The Balaban J connectivity index is 2.45. The Morgan fingerprint density at radius 3 is 2.14 bits per heavy atom. The second-order valence-electron chi connectivity index (χ2n) is 6.06. The molecule has 2 heteroatoms. The summed E-state index contributed by atoms with van der Waals surface area (Å²) in [6.07, 6.45) is 1.32. The zero-order valence-electron chi connectivity index (χ0n) is 12.6. The second-order valence-corrected chi connectivity index (χ2v) is 6.06. The van der Waals surface area contributed by atoms with Crippen LogP contribution in [0.5, 0.6) is 0 Å². The summed E-state index contributed by atoms with van der Waals surface area (Å²) in [5, 5.41) is 10.0. The summed E-state index contributed by atoms with van der Waals surface area (Å²) in [5.74, 6) is -0.0859. The van der Waals surface area contributed by atoms with Gasteiger partial charge in [-0.1, -0.05) is 75.4 Å². The summed E-state index contributed by atoms with van der Waals surface area (Å²) in [5.41, 5.74) is 2.03. The van der Waals surface area contributed by atoms with Crippen molar-refractivity contribution in [2.75, 3.05) is 0 Å². The van der Waals surface area contributed by atoms with Gasteiger partial charge in [-0.05, 0) is 11.1 Å². The first kappa shape index (κ1) is 15.0. The Kier molecular flexibility index (Phi) is 4.27. The third kappa shape index (κ3) is 3.60. The first-order valence-corrected chi connectivity index (χ1v) is 6.99. The van der Waals surface area contributed by atoms with Crippen LogP contribution >= 0.6 is 0 Å². The number of allylic oxidation sites excluding steroid dienone is 2. The van der Waals surface area contributed by atoms with Crippen molar-refractivity contribution in [2.24, 2.45) is 5.41 Å². The number of rotatable bonds is 3. The number of carbonyl (C=O) groups excluding carboxylic acids is 1. The van der Waals surface area contributed by atoms with Gasteiger partial charge in [0, 0.05) is 17.1 Å². The highest BCUT2D eigenvalue weighted by Crippen LogP contribution is 2.26. The highest BCUT2D eigenvalue weighted by molar-refractivity contribution is 6.09. The summed E-state index contributed by atoms with van der Waals surface area (Å²) >= 11 is 0. The van der Waals surface area contributed by atoms with Crippen LogP contribution in [0.2, 0.25) is 0 Å². The lowest BCUT2D eigenvalue weighted by Crippen LogP contribution is -2.11. The van der Waals surface area contributed by atoms with Gasteiger partial charge in [0.1, 0.15) is 5.76 Å². The van der Waals surface area contributed by atoms with E-state index in [1.54, 1.807) is 6.07 Å². The molecule has 2 aromatic rings. The largest absolute Gasteiger partial charge is 0.512 e. The lowest BCUT2D eigenvalue weighted by Gasteiger charge is -2.17. The van der Waals surface area contributed by atoms with Crippen LogP contribution in [-0.4, -0.2) is 10.9 Å². The zero-order chi connectivity index (χ0) is 15.5. The third-order valence-electron chi connectivity index (χ3n) is 3.31. The molecule has 0 bridgehead atoms. The molecule has 0 fully saturated rings. The number of hydrogen-bond acceptors (Lipinski definition) is 2. The van der Waals surface area contributed by atoms with E-state index in [1.807, 2.05) is 69.3 Å². The number of hydrogen-bond donors (Lipinski definition) is 1. The molecule has 0 saturated carbocycles. The van der Waals surface area contributed by atoms with Gasteiger partial charge in [-0.15, -0.1) is 0 Å². The first-order chi connectivity index (χ1) is 9.89. The molecule has 2 nitrogen and oxygen atoms in total. The van der Waals surface area contributed by atoms with Crippen molar-refractivity contribution < 1.29 is 9.90 Å². The van der Waals surface area contributed by atoms with Gasteiger partial charge in [0.25, 0.3) is 0 Å². The smallest absolute Gasteiger partial charge is 0.189 e. The number of benzene rings is 2. The van der Waals surface area contributed by atoms with E-state index in [-0.39, 0.29) is 11.5 Å². The van der Waals surface area contributed by atoms with E-state index >= 15 is 0 Å².